The lowest BCUT2D eigenvalue weighted by Gasteiger charge is -2.05. The molecule has 6 nitrogen and oxygen atoms in total. The van der Waals surface area contributed by atoms with Crippen molar-refractivity contribution >= 4 is 25.5 Å². The zero-order chi connectivity index (χ0) is 12.6. The Balaban J connectivity index is 3.24. The van der Waals surface area contributed by atoms with E-state index >= 15 is 0 Å². The number of primary sulfonamides is 1. The van der Waals surface area contributed by atoms with Gasteiger partial charge in [0.25, 0.3) is 0 Å². The van der Waals surface area contributed by atoms with Crippen molar-refractivity contribution in [2.24, 2.45) is 5.14 Å². The molecule has 0 aliphatic rings. The molecule has 0 unspecified atom stereocenters. The first-order valence-corrected chi connectivity index (χ1v) is 7.58. The third-order valence-electron chi connectivity index (χ3n) is 1.92. The molecule has 0 saturated carbocycles. The molecular formula is C8H12N2O4S2. The minimum Gasteiger partial charge on any atom is -0.399 e. The number of anilines is 1. The number of hydrogen-bond donors (Lipinski definition) is 2. The van der Waals surface area contributed by atoms with Crippen LogP contribution >= 0.6 is 0 Å². The van der Waals surface area contributed by atoms with Gasteiger partial charge in [0.05, 0.1) is 4.90 Å². The Kier molecular flexibility index (Phi) is 3.27. The van der Waals surface area contributed by atoms with E-state index in [1.165, 1.54) is 18.2 Å². The number of sulfonamides is 1. The van der Waals surface area contributed by atoms with Crippen molar-refractivity contribution < 1.29 is 16.8 Å². The summed E-state index contributed by atoms with van der Waals surface area (Å²) in [4.78, 5) is -0.103. The zero-order valence-corrected chi connectivity index (χ0v) is 10.2. The van der Waals surface area contributed by atoms with Gasteiger partial charge in [0.15, 0.2) is 14.9 Å². The van der Waals surface area contributed by atoms with Gasteiger partial charge in [0.2, 0.25) is 10.0 Å². The van der Waals surface area contributed by atoms with Crippen LogP contribution in [0.25, 0.3) is 0 Å². The molecule has 0 heterocycles. The quantitative estimate of drug-likeness (QED) is 0.719. The first-order valence-electron chi connectivity index (χ1n) is 4.21. The Morgan fingerprint density at radius 1 is 1.19 bits per heavy atom. The van der Waals surface area contributed by atoms with Crippen molar-refractivity contribution in [2.75, 3.05) is 10.8 Å². The molecule has 0 amide bonds. The van der Waals surface area contributed by atoms with Crippen molar-refractivity contribution in [3.8, 4) is 0 Å². The van der Waals surface area contributed by atoms with Crippen molar-refractivity contribution in [1.82, 2.24) is 0 Å². The Bertz CT molecular complexity index is 605. The molecule has 0 aromatic heterocycles. The van der Waals surface area contributed by atoms with Crippen LogP contribution in [0, 0.1) is 6.92 Å². The number of aryl methyl sites for hydroxylation is 1. The molecular weight excluding hydrogens is 252 g/mol. The van der Waals surface area contributed by atoms with Gasteiger partial charge in [-0.1, -0.05) is 0 Å². The van der Waals surface area contributed by atoms with Crippen LogP contribution in [0.4, 0.5) is 5.69 Å². The molecule has 0 bridgehead atoms. The summed E-state index contributed by atoms with van der Waals surface area (Å²) in [5.74, 6) is 0. The van der Waals surface area contributed by atoms with Gasteiger partial charge < -0.3 is 5.73 Å². The molecule has 0 aliphatic heterocycles. The van der Waals surface area contributed by atoms with E-state index in [0.717, 1.165) is 0 Å². The van der Waals surface area contributed by atoms with Crippen LogP contribution in [-0.4, -0.2) is 21.9 Å². The summed E-state index contributed by atoms with van der Waals surface area (Å²) in [7, 11) is -8.00. The van der Waals surface area contributed by atoms with Gasteiger partial charge in [0, 0.05) is 5.69 Å². The van der Waals surface area contributed by atoms with Crippen molar-refractivity contribution in [1.29, 1.82) is 0 Å². The van der Waals surface area contributed by atoms with Gasteiger partial charge in [-0.2, -0.15) is 0 Å². The fourth-order valence-corrected chi connectivity index (χ4v) is 4.03. The SMILES string of the molecule is Cc1cc(S(=O)(=O)CS(N)(=O)=O)ccc1N. The van der Waals surface area contributed by atoms with Crippen molar-refractivity contribution in [3.63, 3.8) is 0 Å². The minimum atomic E-state index is -4.07. The highest BCUT2D eigenvalue weighted by Crippen LogP contribution is 2.18. The van der Waals surface area contributed by atoms with Crippen molar-refractivity contribution in [3.05, 3.63) is 23.8 Å². The molecule has 1 aromatic carbocycles. The van der Waals surface area contributed by atoms with Gasteiger partial charge in [0.1, 0.15) is 0 Å². The maximum absolute atomic E-state index is 11.6. The predicted molar refractivity (Wildman–Crippen MR) is 60.8 cm³/mol. The van der Waals surface area contributed by atoms with E-state index < -0.39 is 24.9 Å². The summed E-state index contributed by atoms with van der Waals surface area (Å²) in [6.07, 6.45) is 0. The first kappa shape index (κ1) is 12.9. The lowest BCUT2D eigenvalue weighted by molar-refractivity contribution is 0.590. The van der Waals surface area contributed by atoms with Gasteiger partial charge >= 0.3 is 0 Å². The number of hydrogen-bond acceptors (Lipinski definition) is 5. The third-order valence-corrected chi connectivity index (χ3v) is 5.45. The summed E-state index contributed by atoms with van der Waals surface area (Å²) in [5, 5.41) is 3.59. The van der Waals surface area contributed by atoms with Crippen molar-refractivity contribution in [2.45, 2.75) is 11.8 Å². The molecule has 8 heteroatoms. The monoisotopic (exact) mass is 264 g/mol. The molecule has 0 fully saturated rings. The van der Waals surface area contributed by atoms with Crippen LogP contribution in [0.5, 0.6) is 0 Å². The average Bonchev–Trinajstić information content (AvgIpc) is 2.05. The van der Waals surface area contributed by atoms with E-state index in [0.29, 0.717) is 11.3 Å². The van der Waals surface area contributed by atoms with Gasteiger partial charge in [-0.3, -0.25) is 0 Å². The van der Waals surface area contributed by atoms with Gasteiger partial charge in [-0.15, -0.1) is 0 Å². The number of nitrogen functional groups attached to an aromatic ring is 1. The maximum atomic E-state index is 11.6. The molecule has 1 aromatic rings. The standard InChI is InChI=1S/C8H12N2O4S2/c1-6-4-7(2-3-8(6)9)15(11,12)5-16(10,13)14/h2-4H,5,9H2,1H3,(H2,10,13,14). The Labute approximate surface area is 94.2 Å². The molecule has 4 N–H and O–H groups in total. The third kappa shape index (κ3) is 3.19. The Morgan fingerprint density at radius 3 is 2.19 bits per heavy atom. The van der Waals surface area contributed by atoms with E-state index in [1.54, 1.807) is 6.92 Å². The fraction of sp³-hybridized carbons (Fsp3) is 0.250. The molecule has 0 aliphatic carbocycles. The van der Waals surface area contributed by atoms with Crippen LogP contribution in [0.15, 0.2) is 23.1 Å². The van der Waals surface area contributed by atoms with Crippen LogP contribution in [0.2, 0.25) is 0 Å². The molecule has 0 atom stereocenters. The minimum absolute atomic E-state index is 0.103. The highest BCUT2D eigenvalue weighted by Gasteiger charge is 2.21. The zero-order valence-electron chi connectivity index (χ0n) is 8.54. The lowest BCUT2D eigenvalue weighted by Crippen LogP contribution is -2.23. The number of benzene rings is 1. The molecule has 0 radical (unpaired) electrons. The molecule has 0 spiro atoms. The van der Waals surface area contributed by atoms with Gasteiger partial charge in [-0.25, -0.2) is 22.0 Å². The van der Waals surface area contributed by atoms with Crippen LogP contribution in [-0.2, 0) is 19.9 Å². The van der Waals surface area contributed by atoms with Gasteiger partial charge in [-0.05, 0) is 30.7 Å². The maximum Gasteiger partial charge on any atom is 0.223 e. The summed E-state index contributed by atoms with van der Waals surface area (Å²) in [6.45, 7) is 1.63. The number of rotatable bonds is 3. The fourth-order valence-electron chi connectivity index (χ4n) is 1.13. The lowest BCUT2D eigenvalue weighted by atomic mass is 10.2. The first-order chi connectivity index (χ1) is 7.12. The normalized spacial score (nSPS) is 12.6. The highest BCUT2D eigenvalue weighted by molar-refractivity contribution is 8.07. The topological polar surface area (TPSA) is 120 Å². The van der Waals surface area contributed by atoms with E-state index in [2.05, 4.69) is 0 Å². The van der Waals surface area contributed by atoms with Crippen LogP contribution in [0.3, 0.4) is 0 Å². The second-order valence-electron chi connectivity index (χ2n) is 3.41. The Hall–Kier alpha value is -1.12. The average molecular weight is 264 g/mol. The smallest absolute Gasteiger partial charge is 0.223 e. The molecule has 16 heavy (non-hydrogen) atoms. The second-order valence-corrected chi connectivity index (χ2v) is 7.38. The predicted octanol–water partition coefficient (Wildman–Crippen LogP) is -0.403. The molecule has 0 saturated heterocycles. The summed E-state index contributed by atoms with van der Waals surface area (Å²) < 4.78 is 44.7. The highest BCUT2D eigenvalue weighted by atomic mass is 32.3. The summed E-state index contributed by atoms with van der Waals surface area (Å²) in [6, 6.07) is 3.98. The summed E-state index contributed by atoms with van der Waals surface area (Å²) >= 11 is 0. The van der Waals surface area contributed by atoms with Crippen LogP contribution < -0.4 is 10.9 Å². The molecule has 1 rings (SSSR count). The van der Waals surface area contributed by atoms with E-state index in [4.69, 9.17) is 10.9 Å². The second kappa shape index (κ2) is 4.04. The number of sulfone groups is 1. The summed E-state index contributed by atoms with van der Waals surface area (Å²) in [5.41, 5.74) is 6.53. The van der Waals surface area contributed by atoms with E-state index in [1.807, 2.05) is 0 Å². The Morgan fingerprint density at radius 2 is 1.75 bits per heavy atom. The van der Waals surface area contributed by atoms with E-state index in [9.17, 15) is 16.8 Å². The van der Waals surface area contributed by atoms with E-state index in [-0.39, 0.29) is 4.90 Å². The van der Waals surface area contributed by atoms with Crippen LogP contribution in [0.1, 0.15) is 5.56 Å². The largest absolute Gasteiger partial charge is 0.399 e. The number of nitrogens with two attached hydrogens (primary N) is 2. The molecule has 90 valence electrons.